The van der Waals surface area contributed by atoms with E-state index in [0.29, 0.717) is 21.1 Å². The Morgan fingerprint density at radius 1 is 1.31 bits per heavy atom. The van der Waals surface area contributed by atoms with Gasteiger partial charge < -0.3 is 0 Å². The summed E-state index contributed by atoms with van der Waals surface area (Å²) < 4.78 is 7.03. The fourth-order valence-electron chi connectivity index (χ4n) is 1.08. The average Bonchev–Trinajstić information content (AvgIpc) is 2.15. The maximum absolute atomic E-state index is 5.58. The molecule has 2 heteroatoms. The van der Waals surface area contributed by atoms with Crippen LogP contribution in [0.1, 0.15) is 19.4 Å². The molecule has 0 N–H and O–H groups in total. The van der Waals surface area contributed by atoms with E-state index in [0.717, 1.165) is 6.61 Å². The standard InChI is InChI=1S/C11H16OSe/c1-9(2)12-8-10-6-4-5-7-11(10)13-3/h4-7,9H,8H2,1-3H3. The molecule has 0 radical (unpaired) electrons. The topological polar surface area (TPSA) is 9.23 Å². The van der Waals surface area contributed by atoms with Gasteiger partial charge in [0.2, 0.25) is 0 Å². The van der Waals surface area contributed by atoms with Crippen molar-refractivity contribution in [3.05, 3.63) is 29.8 Å². The zero-order chi connectivity index (χ0) is 9.68. The first-order valence-electron chi connectivity index (χ1n) is 4.47. The fourth-order valence-corrected chi connectivity index (χ4v) is 2.35. The second kappa shape index (κ2) is 5.43. The minimum atomic E-state index is 0.317. The molecule has 0 spiro atoms. The zero-order valence-corrected chi connectivity index (χ0v) is 10.1. The molecule has 0 aliphatic carbocycles. The predicted octanol–water partition coefficient (Wildman–Crippen LogP) is 1.99. The maximum atomic E-state index is 5.58. The van der Waals surface area contributed by atoms with Crippen LogP contribution in [0.2, 0.25) is 5.82 Å². The molecule has 1 rings (SSSR count). The molecule has 0 aliphatic rings. The summed E-state index contributed by atoms with van der Waals surface area (Å²) in [5, 5.41) is 0. The normalized spacial score (nSPS) is 10.8. The van der Waals surface area contributed by atoms with Crippen molar-refractivity contribution < 1.29 is 4.74 Å². The number of rotatable bonds is 4. The first-order chi connectivity index (χ1) is 6.24. The second-order valence-electron chi connectivity index (χ2n) is 3.17. The predicted molar refractivity (Wildman–Crippen MR) is 57.6 cm³/mol. The van der Waals surface area contributed by atoms with Crippen molar-refractivity contribution in [3.63, 3.8) is 0 Å². The summed E-state index contributed by atoms with van der Waals surface area (Å²) in [6.45, 7) is 4.89. The van der Waals surface area contributed by atoms with Crippen molar-refractivity contribution in [1.82, 2.24) is 0 Å². The Hall–Kier alpha value is -0.301. The number of ether oxygens (including phenoxy) is 1. The molecule has 0 atom stereocenters. The summed E-state index contributed by atoms with van der Waals surface area (Å²) in [6.07, 6.45) is 0.317. The van der Waals surface area contributed by atoms with Crippen LogP contribution in [-0.2, 0) is 11.3 Å². The van der Waals surface area contributed by atoms with E-state index in [-0.39, 0.29) is 0 Å². The summed E-state index contributed by atoms with van der Waals surface area (Å²) in [5.41, 5.74) is 1.35. The molecule has 0 aliphatic heterocycles. The Labute approximate surface area is 86.7 Å². The van der Waals surface area contributed by atoms with Crippen LogP contribution < -0.4 is 4.46 Å². The molecule has 0 saturated carbocycles. The molecule has 0 amide bonds. The molecule has 0 heterocycles. The second-order valence-corrected chi connectivity index (χ2v) is 4.95. The molecule has 1 aromatic rings. The molecule has 13 heavy (non-hydrogen) atoms. The van der Waals surface area contributed by atoms with Crippen LogP contribution in [0, 0.1) is 0 Å². The molecule has 0 saturated heterocycles. The monoisotopic (exact) mass is 244 g/mol. The van der Waals surface area contributed by atoms with Crippen LogP contribution in [0.5, 0.6) is 0 Å². The molecular formula is C11H16OSe. The molecule has 0 unspecified atom stereocenters. The van der Waals surface area contributed by atoms with Gasteiger partial charge in [-0.3, -0.25) is 0 Å². The van der Waals surface area contributed by atoms with Gasteiger partial charge in [-0.2, -0.15) is 0 Å². The first kappa shape index (κ1) is 10.8. The average molecular weight is 243 g/mol. The summed E-state index contributed by atoms with van der Waals surface area (Å²) in [5.74, 6) is 2.24. The van der Waals surface area contributed by atoms with Crippen molar-refractivity contribution in [2.45, 2.75) is 32.4 Å². The minimum absolute atomic E-state index is 0.317. The van der Waals surface area contributed by atoms with E-state index < -0.39 is 0 Å². The summed E-state index contributed by atoms with van der Waals surface area (Å²) in [6, 6.07) is 8.52. The Morgan fingerprint density at radius 2 is 2.00 bits per heavy atom. The molecule has 1 aromatic carbocycles. The van der Waals surface area contributed by atoms with Crippen molar-refractivity contribution in [2.24, 2.45) is 0 Å². The molecule has 72 valence electrons. The molecule has 0 bridgehead atoms. The van der Waals surface area contributed by atoms with Crippen LogP contribution in [0.4, 0.5) is 0 Å². The van der Waals surface area contributed by atoms with Crippen LogP contribution in [-0.4, -0.2) is 21.1 Å². The molecule has 1 nitrogen and oxygen atoms in total. The van der Waals surface area contributed by atoms with Gasteiger partial charge >= 0.3 is 86.4 Å². The van der Waals surface area contributed by atoms with Crippen LogP contribution >= 0.6 is 0 Å². The third kappa shape index (κ3) is 3.51. The zero-order valence-electron chi connectivity index (χ0n) is 8.41. The van der Waals surface area contributed by atoms with Gasteiger partial charge in [-0.05, 0) is 0 Å². The van der Waals surface area contributed by atoms with E-state index >= 15 is 0 Å². The number of hydrogen-bond acceptors (Lipinski definition) is 1. The van der Waals surface area contributed by atoms with Crippen molar-refractivity contribution >= 4 is 19.4 Å². The van der Waals surface area contributed by atoms with Gasteiger partial charge in [0.1, 0.15) is 0 Å². The van der Waals surface area contributed by atoms with Gasteiger partial charge in [-0.15, -0.1) is 0 Å². The van der Waals surface area contributed by atoms with E-state index in [1.807, 2.05) is 0 Å². The third-order valence-electron chi connectivity index (χ3n) is 1.76. The fraction of sp³-hybridized carbons (Fsp3) is 0.455. The molecule has 0 fully saturated rings. The van der Waals surface area contributed by atoms with Gasteiger partial charge in [-0.1, -0.05) is 0 Å². The van der Waals surface area contributed by atoms with Gasteiger partial charge in [0, 0.05) is 0 Å². The van der Waals surface area contributed by atoms with Crippen LogP contribution in [0.3, 0.4) is 0 Å². The van der Waals surface area contributed by atoms with E-state index in [1.165, 1.54) is 10.0 Å². The number of benzene rings is 1. The van der Waals surface area contributed by atoms with Gasteiger partial charge in [-0.25, -0.2) is 0 Å². The number of hydrogen-bond donors (Lipinski definition) is 0. The van der Waals surface area contributed by atoms with E-state index in [1.54, 1.807) is 0 Å². The van der Waals surface area contributed by atoms with E-state index in [4.69, 9.17) is 4.74 Å². The Kier molecular flexibility index (Phi) is 4.51. The first-order valence-corrected chi connectivity index (χ1v) is 7.04. The molecular weight excluding hydrogens is 227 g/mol. The summed E-state index contributed by atoms with van der Waals surface area (Å²) in [7, 11) is 0. The Bertz CT molecular complexity index is 258. The summed E-state index contributed by atoms with van der Waals surface area (Å²) in [4.78, 5) is 0. The Balaban J connectivity index is 2.64. The van der Waals surface area contributed by atoms with E-state index in [2.05, 4.69) is 43.9 Å². The van der Waals surface area contributed by atoms with Crippen LogP contribution in [0.15, 0.2) is 24.3 Å². The quantitative estimate of drug-likeness (QED) is 0.735. The summed E-state index contributed by atoms with van der Waals surface area (Å²) >= 11 is 0.566. The van der Waals surface area contributed by atoms with Crippen LogP contribution in [0.25, 0.3) is 0 Å². The van der Waals surface area contributed by atoms with Crippen molar-refractivity contribution in [2.75, 3.05) is 0 Å². The van der Waals surface area contributed by atoms with Crippen molar-refractivity contribution in [3.8, 4) is 0 Å². The SMILES string of the molecule is C[Se]c1ccccc1COC(C)C. The van der Waals surface area contributed by atoms with Gasteiger partial charge in [0.15, 0.2) is 0 Å². The van der Waals surface area contributed by atoms with Gasteiger partial charge in [0.25, 0.3) is 0 Å². The third-order valence-corrected chi connectivity index (χ3v) is 3.52. The van der Waals surface area contributed by atoms with Crippen molar-refractivity contribution in [1.29, 1.82) is 0 Å². The van der Waals surface area contributed by atoms with Gasteiger partial charge in [0.05, 0.1) is 0 Å². The molecule has 0 aromatic heterocycles. The Morgan fingerprint density at radius 3 is 2.62 bits per heavy atom. The van der Waals surface area contributed by atoms with E-state index in [9.17, 15) is 0 Å².